The van der Waals surface area contributed by atoms with Gasteiger partial charge in [0.25, 0.3) is 0 Å². The Morgan fingerprint density at radius 1 is 0.588 bits per heavy atom. The summed E-state index contributed by atoms with van der Waals surface area (Å²) in [5, 5.41) is 0. The van der Waals surface area contributed by atoms with Crippen molar-refractivity contribution in [3.8, 4) is 0 Å². The summed E-state index contributed by atoms with van der Waals surface area (Å²) in [5.74, 6) is 0. The minimum absolute atomic E-state index is 0.179. The Bertz CT molecular complexity index is 187. The van der Waals surface area contributed by atoms with Gasteiger partial charge in [0, 0.05) is 0 Å². The molecule has 0 aromatic carbocycles. The number of hydrogen-bond acceptors (Lipinski definition) is 3. The molecule has 0 bridgehead atoms. The molecule has 0 aliphatic rings. The molecule has 0 aliphatic carbocycles. The normalized spacial score (nSPS) is 14.5. The van der Waals surface area contributed by atoms with Gasteiger partial charge in [0.2, 0.25) is 0 Å². The first-order chi connectivity index (χ1) is 7.89. The van der Waals surface area contributed by atoms with E-state index in [9.17, 15) is 14.7 Å². The van der Waals surface area contributed by atoms with Gasteiger partial charge in [-0.3, -0.25) is 0 Å². The van der Waals surface area contributed by atoms with Crippen LogP contribution in [0.5, 0.6) is 0 Å². The first-order valence-electron chi connectivity index (χ1n) is 7.15. The Morgan fingerprint density at radius 2 is 1.00 bits per heavy atom. The van der Waals surface area contributed by atoms with Crippen LogP contribution >= 0.6 is 7.28 Å². The molecule has 0 aromatic heterocycles. The van der Waals surface area contributed by atoms with Gasteiger partial charge in [-0.25, -0.2) is 0 Å². The van der Waals surface area contributed by atoms with Crippen molar-refractivity contribution in [1.82, 2.24) is 0 Å². The molecule has 0 fully saturated rings. The summed E-state index contributed by atoms with van der Waals surface area (Å²) in [7, 11) is -4.26. The molecule has 0 radical (unpaired) electrons. The van der Waals surface area contributed by atoms with E-state index in [2.05, 4.69) is 6.92 Å². The van der Waals surface area contributed by atoms with Gasteiger partial charge in [-0.05, 0) is 0 Å². The average molecular weight is 266 g/mol. The molecule has 0 saturated carbocycles. The predicted molar refractivity (Wildman–Crippen MR) is 76.2 cm³/mol. The molecule has 3 nitrogen and oxygen atoms in total. The van der Waals surface area contributed by atoms with E-state index in [1.54, 1.807) is 0 Å². The van der Waals surface area contributed by atoms with Crippen molar-refractivity contribution in [2.24, 2.45) is 0 Å². The van der Waals surface area contributed by atoms with Gasteiger partial charge in [-0.2, -0.15) is 0 Å². The summed E-state index contributed by atoms with van der Waals surface area (Å²) in [6.45, 7) is 4.18. The first-order valence-corrected chi connectivity index (χ1v) is 9.61. The van der Waals surface area contributed by atoms with E-state index >= 15 is 0 Å². The van der Waals surface area contributed by atoms with E-state index in [-0.39, 0.29) is 12.3 Å². The van der Waals surface area contributed by atoms with Crippen LogP contribution in [-0.2, 0) is 0 Å². The number of hydrogen-bond donors (Lipinski definition) is 3. The molecule has 0 atom stereocenters. The van der Waals surface area contributed by atoms with Crippen LogP contribution < -0.4 is 0 Å². The molecule has 106 valence electrons. The minimum atomic E-state index is -4.26. The fourth-order valence-corrected chi connectivity index (χ4v) is 4.05. The average Bonchev–Trinajstić information content (AvgIpc) is 2.25. The summed E-state index contributed by atoms with van der Waals surface area (Å²) in [4.78, 5) is 29.4. The third-order valence-corrected chi connectivity index (χ3v) is 5.65. The van der Waals surface area contributed by atoms with Crippen molar-refractivity contribution >= 4 is 7.28 Å². The number of rotatable bonds is 11. The molecule has 3 N–H and O–H groups in total. The van der Waals surface area contributed by atoms with Gasteiger partial charge >= 0.3 is 106 Å². The quantitative estimate of drug-likeness (QED) is 0.393. The molecule has 0 rings (SSSR count). The van der Waals surface area contributed by atoms with Crippen molar-refractivity contribution in [2.75, 3.05) is 12.3 Å². The summed E-state index contributed by atoms with van der Waals surface area (Å²) >= 11 is 0. The summed E-state index contributed by atoms with van der Waals surface area (Å²) in [6.07, 6.45) is 9.85. The topological polar surface area (TPSA) is 60.7 Å². The Kier molecular flexibility index (Phi) is 8.57. The standard InChI is InChI=1S/C13H31O3P/c1-3-5-7-8-9-10-11-13-17(14,15,16)12-6-4-2/h14-16H,3-13H2,1-2H3. The molecule has 0 heterocycles. The fourth-order valence-electron chi connectivity index (χ4n) is 1.99. The fraction of sp³-hybridized carbons (Fsp3) is 1.00. The summed E-state index contributed by atoms with van der Waals surface area (Å²) in [5.41, 5.74) is 0. The van der Waals surface area contributed by atoms with Crippen LogP contribution in [0.2, 0.25) is 0 Å². The predicted octanol–water partition coefficient (Wildman–Crippen LogP) is 3.81. The molecule has 0 aromatic rings. The molecule has 4 heteroatoms. The molecule has 0 amide bonds. The van der Waals surface area contributed by atoms with Gasteiger partial charge in [0.1, 0.15) is 0 Å². The third kappa shape index (κ3) is 11.1. The van der Waals surface area contributed by atoms with E-state index < -0.39 is 7.28 Å². The zero-order valence-corrected chi connectivity index (χ0v) is 12.5. The van der Waals surface area contributed by atoms with Crippen LogP contribution in [0.15, 0.2) is 0 Å². The van der Waals surface area contributed by atoms with Crippen molar-refractivity contribution < 1.29 is 14.7 Å². The Balaban J connectivity index is 3.57. The molecule has 0 spiro atoms. The van der Waals surface area contributed by atoms with E-state index in [0.717, 1.165) is 25.7 Å². The van der Waals surface area contributed by atoms with Crippen molar-refractivity contribution in [1.29, 1.82) is 0 Å². The van der Waals surface area contributed by atoms with Crippen LogP contribution in [0.25, 0.3) is 0 Å². The van der Waals surface area contributed by atoms with Crippen LogP contribution in [-0.4, -0.2) is 27.0 Å². The third-order valence-electron chi connectivity index (χ3n) is 3.19. The zero-order chi connectivity index (χ0) is 13.2. The Labute approximate surface area is 106 Å². The molecular weight excluding hydrogens is 235 g/mol. The van der Waals surface area contributed by atoms with Gasteiger partial charge in [0.05, 0.1) is 0 Å². The van der Waals surface area contributed by atoms with Crippen molar-refractivity contribution in [3.05, 3.63) is 0 Å². The number of unbranched alkanes of at least 4 members (excludes halogenated alkanes) is 7. The SMILES string of the molecule is CCCCCCCCCP(O)(O)(O)CCCC. The molecule has 0 aliphatic heterocycles. The maximum atomic E-state index is 9.79. The van der Waals surface area contributed by atoms with E-state index in [0.29, 0.717) is 6.42 Å². The van der Waals surface area contributed by atoms with Crippen molar-refractivity contribution in [3.63, 3.8) is 0 Å². The zero-order valence-electron chi connectivity index (χ0n) is 11.6. The maximum absolute atomic E-state index is 9.79. The monoisotopic (exact) mass is 266 g/mol. The molecule has 0 saturated heterocycles. The van der Waals surface area contributed by atoms with Crippen molar-refractivity contribution in [2.45, 2.75) is 71.6 Å². The van der Waals surface area contributed by atoms with E-state index in [1.165, 1.54) is 25.7 Å². The second-order valence-corrected chi connectivity index (χ2v) is 8.84. The van der Waals surface area contributed by atoms with Crippen LogP contribution in [0.3, 0.4) is 0 Å². The van der Waals surface area contributed by atoms with Crippen LogP contribution in [0.1, 0.15) is 71.6 Å². The second-order valence-electron chi connectivity index (χ2n) is 5.26. The van der Waals surface area contributed by atoms with E-state index in [4.69, 9.17) is 0 Å². The molecule has 17 heavy (non-hydrogen) atoms. The Hall–Kier alpha value is 0.310. The van der Waals surface area contributed by atoms with Gasteiger partial charge < -0.3 is 0 Å². The van der Waals surface area contributed by atoms with Gasteiger partial charge in [-0.15, -0.1) is 0 Å². The molecular formula is C13H31O3P. The second kappa shape index (κ2) is 8.42. The van der Waals surface area contributed by atoms with Crippen LogP contribution in [0.4, 0.5) is 0 Å². The molecule has 0 unspecified atom stereocenters. The van der Waals surface area contributed by atoms with E-state index in [1.807, 2.05) is 6.92 Å². The van der Waals surface area contributed by atoms with Crippen LogP contribution in [0, 0.1) is 0 Å². The van der Waals surface area contributed by atoms with Gasteiger partial charge in [0.15, 0.2) is 0 Å². The summed E-state index contributed by atoms with van der Waals surface area (Å²) in [6, 6.07) is 0. The van der Waals surface area contributed by atoms with Gasteiger partial charge in [-0.1, -0.05) is 0 Å². The first kappa shape index (κ1) is 17.3. The summed E-state index contributed by atoms with van der Waals surface area (Å²) < 4.78 is 0. The Morgan fingerprint density at radius 3 is 1.53 bits per heavy atom.